The van der Waals surface area contributed by atoms with Crippen LogP contribution < -0.4 is 5.32 Å². The number of hydrogen-bond donors (Lipinski definition) is 1. The van der Waals surface area contributed by atoms with Gasteiger partial charge in [0.05, 0.1) is 10.2 Å². The van der Waals surface area contributed by atoms with Crippen molar-refractivity contribution in [2.75, 3.05) is 13.6 Å². The van der Waals surface area contributed by atoms with Crippen LogP contribution in [0.15, 0.2) is 16.6 Å². The normalized spacial score (nSPS) is 11.1. The third kappa shape index (κ3) is 2.81. The van der Waals surface area contributed by atoms with Gasteiger partial charge < -0.3 is 5.32 Å². The highest BCUT2D eigenvalue weighted by Gasteiger charge is 2.17. The van der Waals surface area contributed by atoms with Gasteiger partial charge in [0.15, 0.2) is 0 Å². The summed E-state index contributed by atoms with van der Waals surface area (Å²) in [5, 5.41) is 7.89. The number of benzene rings is 1. The number of likely N-dealkylation sites (N-methyl/N-ethyl adjacent to an activating group) is 1. The largest absolute Gasteiger partial charge is 0.319 e. The first-order chi connectivity index (χ1) is 9.45. The molecule has 3 nitrogen and oxygen atoms in total. The predicted octanol–water partition coefficient (Wildman–Crippen LogP) is 3.54. The Labute approximate surface area is 129 Å². The summed E-state index contributed by atoms with van der Waals surface area (Å²) >= 11 is 3.74. The van der Waals surface area contributed by atoms with Gasteiger partial charge in [-0.15, -0.1) is 0 Å². The highest BCUT2D eigenvalue weighted by Crippen LogP contribution is 2.33. The Morgan fingerprint density at radius 2 is 1.80 bits per heavy atom. The first kappa shape index (κ1) is 15.3. The van der Waals surface area contributed by atoms with E-state index < -0.39 is 0 Å². The Bertz CT molecular complexity index is 629. The van der Waals surface area contributed by atoms with Gasteiger partial charge in [0.2, 0.25) is 0 Å². The molecule has 0 aliphatic heterocycles. The lowest BCUT2D eigenvalue weighted by atomic mass is 9.98. The summed E-state index contributed by atoms with van der Waals surface area (Å²) < 4.78 is 3.09. The van der Waals surface area contributed by atoms with Gasteiger partial charge in [-0.2, -0.15) is 5.10 Å². The molecule has 0 unspecified atom stereocenters. The van der Waals surface area contributed by atoms with E-state index >= 15 is 0 Å². The lowest BCUT2D eigenvalue weighted by molar-refractivity contribution is 0.681. The second kappa shape index (κ2) is 6.10. The van der Waals surface area contributed by atoms with Crippen LogP contribution in [0.3, 0.4) is 0 Å². The van der Waals surface area contributed by atoms with E-state index in [1.54, 1.807) is 0 Å². The van der Waals surface area contributed by atoms with Crippen molar-refractivity contribution in [3.8, 4) is 11.3 Å². The van der Waals surface area contributed by atoms with Crippen LogP contribution in [-0.2, 0) is 13.5 Å². The minimum Gasteiger partial charge on any atom is -0.319 e. The molecule has 0 radical (unpaired) electrons. The molecule has 0 bridgehead atoms. The summed E-state index contributed by atoms with van der Waals surface area (Å²) in [6, 6.07) is 4.47. The molecule has 1 aromatic heterocycles. The molecular weight excluding hydrogens is 314 g/mol. The molecule has 0 saturated heterocycles. The molecule has 0 amide bonds. The van der Waals surface area contributed by atoms with Gasteiger partial charge in [0.25, 0.3) is 0 Å². The van der Waals surface area contributed by atoms with Crippen LogP contribution in [0.4, 0.5) is 0 Å². The van der Waals surface area contributed by atoms with Crippen molar-refractivity contribution in [2.45, 2.75) is 27.2 Å². The third-order valence-electron chi connectivity index (χ3n) is 3.81. The minimum atomic E-state index is 0.948. The van der Waals surface area contributed by atoms with Crippen LogP contribution >= 0.6 is 15.9 Å². The number of aryl methyl sites for hydroxylation is 4. The molecule has 0 aliphatic carbocycles. The zero-order valence-corrected chi connectivity index (χ0v) is 14.4. The van der Waals surface area contributed by atoms with Crippen molar-refractivity contribution < 1.29 is 0 Å². The summed E-state index contributed by atoms with van der Waals surface area (Å²) in [5.74, 6) is 0. The Kier molecular flexibility index (Phi) is 4.66. The van der Waals surface area contributed by atoms with Crippen LogP contribution in [0.1, 0.15) is 22.4 Å². The average molecular weight is 336 g/mol. The second-order valence-electron chi connectivity index (χ2n) is 5.34. The number of nitrogens with zero attached hydrogens (tertiary/aromatic N) is 2. The van der Waals surface area contributed by atoms with Gasteiger partial charge in [-0.05, 0) is 66.5 Å². The van der Waals surface area contributed by atoms with E-state index in [0.717, 1.165) is 23.1 Å². The van der Waals surface area contributed by atoms with Crippen molar-refractivity contribution in [1.29, 1.82) is 0 Å². The molecule has 108 valence electrons. The molecule has 20 heavy (non-hydrogen) atoms. The fourth-order valence-electron chi connectivity index (χ4n) is 2.44. The molecule has 0 aliphatic rings. The first-order valence-corrected chi connectivity index (χ1v) is 7.69. The van der Waals surface area contributed by atoms with Gasteiger partial charge in [-0.25, -0.2) is 0 Å². The number of aromatic nitrogens is 2. The van der Waals surface area contributed by atoms with E-state index in [0.29, 0.717) is 0 Å². The van der Waals surface area contributed by atoms with Crippen LogP contribution in [0, 0.1) is 20.8 Å². The maximum Gasteiger partial charge on any atom is 0.107 e. The molecule has 0 fully saturated rings. The molecule has 4 heteroatoms. The van der Waals surface area contributed by atoms with Crippen molar-refractivity contribution >= 4 is 15.9 Å². The molecule has 0 atom stereocenters. The fourth-order valence-corrected chi connectivity index (χ4v) is 3.18. The number of rotatable bonds is 4. The Morgan fingerprint density at radius 3 is 2.45 bits per heavy atom. The monoisotopic (exact) mass is 335 g/mol. The highest BCUT2D eigenvalue weighted by atomic mass is 79.9. The van der Waals surface area contributed by atoms with Gasteiger partial charge in [0, 0.05) is 25.6 Å². The van der Waals surface area contributed by atoms with E-state index in [-0.39, 0.29) is 0 Å². The molecule has 2 rings (SSSR count). The van der Waals surface area contributed by atoms with E-state index in [9.17, 15) is 0 Å². The third-order valence-corrected chi connectivity index (χ3v) is 4.64. The molecule has 1 N–H and O–H groups in total. The first-order valence-electron chi connectivity index (χ1n) is 6.90. The maximum atomic E-state index is 4.71. The Morgan fingerprint density at radius 1 is 1.15 bits per heavy atom. The van der Waals surface area contributed by atoms with Gasteiger partial charge >= 0.3 is 0 Å². The molecule has 1 heterocycles. The molecule has 2 aromatic rings. The van der Waals surface area contributed by atoms with E-state index in [4.69, 9.17) is 5.10 Å². The van der Waals surface area contributed by atoms with E-state index in [1.165, 1.54) is 27.9 Å². The van der Waals surface area contributed by atoms with Crippen LogP contribution in [-0.4, -0.2) is 23.4 Å². The van der Waals surface area contributed by atoms with Crippen molar-refractivity contribution in [3.05, 3.63) is 39.0 Å². The number of nitrogens with one attached hydrogen (secondary N) is 1. The maximum absolute atomic E-state index is 4.71. The lowest BCUT2D eigenvalue weighted by Gasteiger charge is -2.08. The SMILES string of the molecule is CNCCc1c(Br)c(-c2cc(C)c(C)cc2C)nn1C. The topological polar surface area (TPSA) is 29.9 Å². The fraction of sp³-hybridized carbons (Fsp3) is 0.438. The number of hydrogen-bond acceptors (Lipinski definition) is 2. The van der Waals surface area contributed by atoms with Gasteiger partial charge in [-0.3, -0.25) is 4.68 Å². The van der Waals surface area contributed by atoms with Crippen LogP contribution in [0.2, 0.25) is 0 Å². The Hall–Kier alpha value is -1.13. The summed E-state index contributed by atoms with van der Waals surface area (Å²) in [7, 11) is 3.98. The number of halogens is 1. The lowest BCUT2D eigenvalue weighted by Crippen LogP contribution is -2.12. The second-order valence-corrected chi connectivity index (χ2v) is 6.13. The smallest absolute Gasteiger partial charge is 0.107 e. The summed E-state index contributed by atoms with van der Waals surface area (Å²) in [6.07, 6.45) is 0.963. The van der Waals surface area contributed by atoms with Crippen molar-refractivity contribution in [2.24, 2.45) is 7.05 Å². The zero-order chi connectivity index (χ0) is 14.9. The van der Waals surface area contributed by atoms with Crippen molar-refractivity contribution in [1.82, 2.24) is 15.1 Å². The molecule has 0 spiro atoms. The summed E-state index contributed by atoms with van der Waals surface area (Å²) in [4.78, 5) is 0. The predicted molar refractivity (Wildman–Crippen MR) is 88.2 cm³/mol. The molecular formula is C16H22BrN3. The minimum absolute atomic E-state index is 0.948. The average Bonchev–Trinajstić information content (AvgIpc) is 2.67. The summed E-state index contributed by atoms with van der Waals surface area (Å²) in [5.41, 5.74) is 7.39. The standard InChI is InChI=1S/C16H22BrN3/c1-10-8-12(3)13(9-11(10)2)16-15(17)14(6-7-18-4)20(5)19-16/h8-9,18H,6-7H2,1-5H3. The van der Waals surface area contributed by atoms with Gasteiger partial charge in [0.1, 0.15) is 5.69 Å². The molecule has 1 aromatic carbocycles. The van der Waals surface area contributed by atoms with Gasteiger partial charge in [-0.1, -0.05) is 6.07 Å². The zero-order valence-electron chi connectivity index (χ0n) is 12.8. The highest BCUT2D eigenvalue weighted by molar-refractivity contribution is 9.10. The van der Waals surface area contributed by atoms with Crippen LogP contribution in [0.25, 0.3) is 11.3 Å². The molecule has 0 saturated carbocycles. The van der Waals surface area contributed by atoms with E-state index in [2.05, 4.69) is 54.2 Å². The Balaban J connectivity index is 2.51. The van der Waals surface area contributed by atoms with Crippen LogP contribution in [0.5, 0.6) is 0 Å². The van der Waals surface area contributed by atoms with E-state index in [1.807, 2.05) is 18.8 Å². The van der Waals surface area contributed by atoms with Crippen molar-refractivity contribution in [3.63, 3.8) is 0 Å². The summed E-state index contributed by atoms with van der Waals surface area (Å²) in [6.45, 7) is 7.40. The quantitative estimate of drug-likeness (QED) is 0.926.